The van der Waals surface area contributed by atoms with Crippen molar-refractivity contribution >= 4 is 34.0 Å². The molecule has 0 heterocycles. The fraction of sp³-hybridized carbons (Fsp3) is 1.00. The second-order valence-corrected chi connectivity index (χ2v) is 13.9. The molecule has 0 saturated heterocycles. The summed E-state index contributed by atoms with van der Waals surface area (Å²) in [5, 5.41) is 0. The van der Waals surface area contributed by atoms with Crippen molar-refractivity contribution in [2.45, 2.75) is 247 Å². The summed E-state index contributed by atoms with van der Waals surface area (Å²) in [5.74, 6) is 1.95. The van der Waals surface area contributed by atoms with Crippen molar-refractivity contribution in [3.63, 3.8) is 0 Å². The molecule has 0 aliphatic carbocycles. The van der Waals surface area contributed by atoms with E-state index in [1.54, 1.807) is 0 Å². The molecule has 0 saturated carbocycles. The third-order valence-electron chi connectivity index (χ3n) is 9.20. The standard InChI is InChI=1S/2C20H42.2BrH/c2*1-4-6-8-10-12-13-15-17-19-20(3)18-16-14-11-9-7-5-2;;/h2*20H,4-19H2,1-3H3;2*1H. The van der Waals surface area contributed by atoms with Gasteiger partial charge in [-0.2, -0.15) is 0 Å². The van der Waals surface area contributed by atoms with Gasteiger partial charge in [0.15, 0.2) is 0 Å². The van der Waals surface area contributed by atoms with Crippen LogP contribution < -0.4 is 0 Å². The molecule has 0 aromatic rings. The normalized spacial score (nSPS) is 12.1. The van der Waals surface area contributed by atoms with Gasteiger partial charge in [-0.25, -0.2) is 0 Å². The minimum Gasteiger partial charge on any atom is -0.114 e. The zero-order valence-corrected chi connectivity index (χ0v) is 34.0. The molecule has 0 aliphatic rings. The van der Waals surface area contributed by atoms with Crippen molar-refractivity contribution in [1.29, 1.82) is 0 Å². The van der Waals surface area contributed by atoms with Gasteiger partial charge in [-0.05, 0) is 11.8 Å². The van der Waals surface area contributed by atoms with E-state index in [0.29, 0.717) is 0 Å². The van der Waals surface area contributed by atoms with Crippen LogP contribution in [0.15, 0.2) is 0 Å². The Morgan fingerprint density at radius 1 is 0.238 bits per heavy atom. The van der Waals surface area contributed by atoms with Crippen LogP contribution in [-0.4, -0.2) is 0 Å². The van der Waals surface area contributed by atoms with Crippen molar-refractivity contribution in [2.24, 2.45) is 11.8 Å². The smallest absolute Gasteiger partial charge is 0.0443 e. The second-order valence-electron chi connectivity index (χ2n) is 13.9. The summed E-state index contributed by atoms with van der Waals surface area (Å²) in [4.78, 5) is 0. The first kappa shape index (κ1) is 49.8. The van der Waals surface area contributed by atoms with Gasteiger partial charge < -0.3 is 0 Å². The predicted octanol–water partition coefficient (Wildman–Crippen LogP) is 17.0. The Labute approximate surface area is 291 Å². The molecule has 260 valence electrons. The highest BCUT2D eigenvalue weighted by atomic mass is 79.9. The van der Waals surface area contributed by atoms with Gasteiger partial charge in [0.1, 0.15) is 0 Å². The Balaban J connectivity index is -0.000000328. The molecule has 0 fully saturated rings. The summed E-state index contributed by atoms with van der Waals surface area (Å²) in [6, 6.07) is 0. The number of rotatable bonds is 32. The van der Waals surface area contributed by atoms with Crippen LogP contribution >= 0.6 is 34.0 Å². The zero-order valence-electron chi connectivity index (χ0n) is 30.6. The van der Waals surface area contributed by atoms with Crippen LogP contribution in [0.4, 0.5) is 0 Å². The maximum absolute atomic E-state index is 2.47. The first-order chi connectivity index (χ1) is 19.6. The Morgan fingerprint density at radius 3 is 0.548 bits per heavy atom. The first-order valence-electron chi connectivity index (χ1n) is 19.6. The third kappa shape index (κ3) is 47.9. The minimum atomic E-state index is 0. The maximum atomic E-state index is 2.47. The lowest BCUT2D eigenvalue weighted by molar-refractivity contribution is 0.431. The molecule has 42 heavy (non-hydrogen) atoms. The zero-order chi connectivity index (χ0) is 29.8. The molecular formula is C40H86Br2. The van der Waals surface area contributed by atoms with E-state index in [1.165, 1.54) is 205 Å². The fourth-order valence-corrected chi connectivity index (χ4v) is 6.09. The SMILES string of the molecule is Br.Br.CCCCCCCCCCC(C)CCCCCCCC.CCCCCCCCCCC(C)CCCCCCCC. The van der Waals surface area contributed by atoms with Crippen molar-refractivity contribution in [3.8, 4) is 0 Å². The van der Waals surface area contributed by atoms with Crippen LogP contribution in [0.5, 0.6) is 0 Å². The van der Waals surface area contributed by atoms with E-state index in [2.05, 4.69) is 41.5 Å². The van der Waals surface area contributed by atoms with E-state index in [4.69, 9.17) is 0 Å². The maximum Gasteiger partial charge on any atom is -0.0443 e. The van der Waals surface area contributed by atoms with Crippen molar-refractivity contribution in [3.05, 3.63) is 0 Å². The van der Waals surface area contributed by atoms with Crippen LogP contribution in [0.3, 0.4) is 0 Å². The summed E-state index contributed by atoms with van der Waals surface area (Å²) >= 11 is 0. The lowest BCUT2D eigenvalue weighted by Crippen LogP contribution is -1.95. The molecule has 0 amide bonds. The lowest BCUT2D eigenvalue weighted by Gasteiger charge is -2.11. The Morgan fingerprint density at radius 2 is 0.381 bits per heavy atom. The van der Waals surface area contributed by atoms with Crippen LogP contribution in [0.25, 0.3) is 0 Å². The van der Waals surface area contributed by atoms with Crippen molar-refractivity contribution < 1.29 is 0 Å². The molecule has 0 aromatic heterocycles. The van der Waals surface area contributed by atoms with E-state index in [-0.39, 0.29) is 34.0 Å². The average molecular weight is 727 g/mol. The molecule has 2 unspecified atom stereocenters. The highest BCUT2D eigenvalue weighted by Crippen LogP contribution is 2.20. The van der Waals surface area contributed by atoms with E-state index in [0.717, 1.165) is 11.8 Å². The topological polar surface area (TPSA) is 0 Å². The molecule has 0 radical (unpaired) electrons. The van der Waals surface area contributed by atoms with Gasteiger partial charge in [0.25, 0.3) is 0 Å². The molecular weight excluding hydrogens is 640 g/mol. The van der Waals surface area contributed by atoms with Crippen molar-refractivity contribution in [1.82, 2.24) is 0 Å². The van der Waals surface area contributed by atoms with Gasteiger partial charge in [-0.3, -0.25) is 0 Å². The lowest BCUT2D eigenvalue weighted by atomic mass is 9.96. The molecule has 0 bridgehead atoms. The van der Waals surface area contributed by atoms with Gasteiger partial charge in [0.2, 0.25) is 0 Å². The van der Waals surface area contributed by atoms with Crippen molar-refractivity contribution in [2.75, 3.05) is 0 Å². The number of hydrogen-bond donors (Lipinski definition) is 0. The highest BCUT2D eigenvalue weighted by Gasteiger charge is 2.03. The van der Waals surface area contributed by atoms with Crippen LogP contribution in [0, 0.1) is 11.8 Å². The van der Waals surface area contributed by atoms with Gasteiger partial charge in [-0.1, -0.05) is 247 Å². The molecule has 0 rings (SSSR count). The van der Waals surface area contributed by atoms with E-state index >= 15 is 0 Å². The van der Waals surface area contributed by atoms with Crippen LogP contribution in [0.1, 0.15) is 247 Å². The average Bonchev–Trinajstić information content (AvgIpc) is 2.95. The quantitative estimate of drug-likeness (QED) is 0.0606. The Kier molecular flexibility index (Phi) is 55.0. The minimum absolute atomic E-state index is 0. The molecule has 0 nitrogen and oxygen atoms in total. The van der Waals surface area contributed by atoms with Gasteiger partial charge in [0.05, 0.1) is 0 Å². The predicted molar refractivity (Wildman–Crippen MR) is 209 cm³/mol. The first-order valence-corrected chi connectivity index (χ1v) is 19.6. The molecule has 0 spiro atoms. The van der Waals surface area contributed by atoms with Crippen LogP contribution in [0.2, 0.25) is 0 Å². The van der Waals surface area contributed by atoms with Gasteiger partial charge in [0, 0.05) is 0 Å². The highest BCUT2D eigenvalue weighted by molar-refractivity contribution is 8.93. The monoisotopic (exact) mass is 725 g/mol. The Hall–Kier alpha value is 0.960. The molecule has 0 aromatic carbocycles. The number of hydrogen-bond acceptors (Lipinski definition) is 0. The molecule has 0 N–H and O–H groups in total. The second kappa shape index (κ2) is 46.4. The molecule has 2 atom stereocenters. The van der Waals surface area contributed by atoms with E-state index in [1.807, 2.05) is 0 Å². The largest absolute Gasteiger partial charge is 0.114 e. The van der Waals surface area contributed by atoms with Crippen LogP contribution in [-0.2, 0) is 0 Å². The summed E-state index contributed by atoms with van der Waals surface area (Å²) in [6.07, 6.45) is 46.6. The molecule has 0 aliphatic heterocycles. The Bertz CT molecular complexity index is 372. The number of halogens is 2. The summed E-state index contributed by atoms with van der Waals surface area (Å²) in [6.45, 7) is 14.1. The van der Waals surface area contributed by atoms with Gasteiger partial charge >= 0.3 is 0 Å². The summed E-state index contributed by atoms with van der Waals surface area (Å²) in [5.41, 5.74) is 0. The summed E-state index contributed by atoms with van der Waals surface area (Å²) in [7, 11) is 0. The third-order valence-corrected chi connectivity index (χ3v) is 9.20. The van der Waals surface area contributed by atoms with Gasteiger partial charge in [-0.15, -0.1) is 34.0 Å². The fourth-order valence-electron chi connectivity index (χ4n) is 6.09. The summed E-state index contributed by atoms with van der Waals surface area (Å²) < 4.78 is 0. The van der Waals surface area contributed by atoms with E-state index in [9.17, 15) is 0 Å². The molecule has 2 heteroatoms. The number of unbranched alkanes of at least 4 members (excludes halogenated alkanes) is 24. The van der Waals surface area contributed by atoms with E-state index < -0.39 is 0 Å².